The maximum absolute atomic E-state index is 13.5. The van der Waals surface area contributed by atoms with Crippen LogP contribution in [0.3, 0.4) is 0 Å². The number of nitrogens with zero attached hydrogens (tertiary/aromatic N) is 6. The zero-order chi connectivity index (χ0) is 37.7. The molecule has 0 saturated carbocycles. The molecule has 5 aromatic carbocycles. The van der Waals surface area contributed by atoms with E-state index in [9.17, 15) is 4.79 Å². The second kappa shape index (κ2) is 15.5. The third-order valence-electron chi connectivity index (χ3n) is 10.2. The molecule has 0 N–H and O–H groups in total. The van der Waals surface area contributed by atoms with E-state index in [4.69, 9.17) is 25.2 Å². The van der Waals surface area contributed by atoms with Crippen molar-refractivity contribution in [1.29, 1.82) is 0 Å². The molecular formula is C46H47N6O2+. The van der Waals surface area contributed by atoms with Crippen molar-refractivity contribution in [1.82, 2.24) is 20.2 Å². The molecule has 1 atom stereocenters. The van der Waals surface area contributed by atoms with Gasteiger partial charge in [-0.1, -0.05) is 172 Å². The van der Waals surface area contributed by atoms with Crippen LogP contribution in [0.4, 0.5) is 0 Å². The topological polar surface area (TPSA) is 82.3 Å². The summed E-state index contributed by atoms with van der Waals surface area (Å²) >= 11 is 0. The normalized spacial score (nSPS) is 15.8. The zero-order valence-electron chi connectivity index (χ0n) is 31.7. The van der Waals surface area contributed by atoms with Crippen LogP contribution >= 0.6 is 0 Å². The standard InChI is InChI=1S/C46H47N6O2/c1-6-8-32-52(5)43(33(3)4)41(45(53)54-7-2)42(49-52)35-30-28-34(29-31-35)39-26-18-19-27-40(39)44-47-50-51(48-44)46(36-20-12-9-13-21-36,37-22-14-10-15-23-37)38-24-16-11-17-25-38/h9-31,33H,6-8,32H2,1-5H3/q+1. The molecular weight excluding hydrogens is 669 g/mol. The average Bonchev–Trinajstić information content (AvgIpc) is 3.83. The van der Waals surface area contributed by atoms with E-state index in [-0.39, 0.29) is 11.9 Å². The van der Waals surface area contributed by atoms with Crippen LogP contribution in [-0.2, 0) is 15.1 Å². The first kappa shape index (κ1) is 36.4. The minimum absolute atomic E-state index is 0.115. The van der Waals surface area contributed by atoms with Crippen molar-refractivity contribution in [2.24, 2.45) is 11.0 Å². The Morgan fingerprint density at radius 2 is 1.24 bits per heavy atom. The third kappa shape index (κ3) is 6.58. The number of benzene rings is 5. The van der Waals surface area contributed by atoms with Crippen LogP contribution in [0, 0.1) is 5.92 Å². The number of aromatic nitrogens is 4. The fraction of sp³-hybridized carbons (Fsp3) is 0.239. The number of hydrogen-bond donors (Lipinski definition) is 0. The Morgan fingerprint density at radius 3 is 1.76 bits per heavy atom. The molecule has 0 bridgehead atoms. The number of quaternary nitrogens is 1. The molecule has 2 heterocycles. The fourth-order valence-electron chi connectivity index (χ4n) is 7.86. The van der Waals surface area contributed by atoms with Gasteiger partial charge >= 0.3 is 5.97 Å². The lowest BCUT2D eigenvalue weighted by Crippen LogP contribution is -2.39. The second-order valence-corrected chi connectivity index (χ2v) is 14.1. The van der Waals surface area contributed by atoms with Gasteiger partial charge in [0.15, 0.2) is 16.8 Å². The summed E-state index contributed by atoms with van der Waals surface area (Å²) in [6.45, 7) is 9.39. The predicted molar refractivity (Wildman–Crippen MR) is 214 cm³/mol. The van der Waals surface area contributed by atoms with E-state index in [2.05, 4.69) is 82.4 Å². The highest BCUT2D eigenvalue weighted by Crippen LogP contribution is 2.41. The predicted octanol–water partition coefficient (Wildman–Crippen LogP) is 9.28. The lowest BCUT2D eigenvalue weighted by Gasteiger charge is -2.34. The molecule has 0 amide bonds. The lowest BCUT2D eigenvalue weighted by molar-refractivity contribution is -0.880. The summed E-state index contributed by atoms with van der Waals surface area (Å²) in [7, 11) is 2.10. The molecule has 0 spiro atoms. The van der Waals surface area contributed by atoms with E-state index in [1.807, 2.05) is 91.9 Å². The summed E-state index contributed by atoms with van der Waals surface area (Å²) in [6, 6.07) is 47.4. The van der Waals surface area contributed by atoms with E-state index >= 15 is 0 Å². The summed E-state index contributed by atoms with van der Waals surface area (Å²) in [4.78, 5) is 15.3. The van der Waals surface area contributed by atoms with Crippen LogP contribution < -0.4 is 0 Å². The summed E-state index contributed by atoms with van der Waals surface area (Å²) in [5.41, 5.74) is 8.12. The van der Waals surface area contributed by atoms with Gasteiger partial charge in [0.2, 0.25) is 5.82 Å². The molecule has 0 radical (unpaired) electrons. The van der Waals surface area contributed by atoms with E-state index in [0.29, 0.717) is 28.3 Å². The largest absolute Gasteiger partial charge is 0.462 e. The van der Waals surface area contributed by atoms with E-state index < -0.39 is 5.54 Å². The number of carbonyl (C=O) groups excluding carboxylic acids is 1. The maximum Gasteiger partial charge on any atom is 0.346 e. The van der Waals surface area contributed by atoms with Crippen molar-refractivity contribution in [3.8, 4) is 22.5 Å². The molecule has 1 aliphatic heterocycles. The molecule has 54 heavy (non-hydrogen) atoms. The van der Waals surface area contributed by atoms with Crippen LogP contribution in [-0.4, -0.2) is 56.7 Å². The summed E-state index contributed by atoms with van der Waals surface area (Å²) < 4.78 is 5.97. The number of allylic oxidation sites excluding steroid dienone is 1. The molecule has 0 saturated heterocycles. The molecule has 0 aliphatic carbocycles. The number of ether oxygens (including phenoxy) is 1. The highest BCUT2D eigenvalue weighted by molar-refractivity contribution is 6.27. The number of carbonyl (C=O) groups is 1. The smallest absolute Gasteiger partial charge is 0.346 e. The molecule has 1 unspecified atom stereocenters. The minimum Gasteiger partial charge on any atom is -0.462 e. The highest BCUT2D eigenvalue weighted by atomic mass is 16.5. The Labute approximate surface area is 318 Å². The number of esters is 1. The lowest BCUT2D eigenvalue weighted by atomic mass is 9.77. The van der Waals surface area contributed by atoms with Gasteiger partial charge in [0.1, 0.15) is 12.3 Å². The van der Waals surface area contributed by atoms with E-state index in [1.165, 1.54) is 0 Å². The number of rotatable bonds is 13. The Hall–Kier alpha value is -5.99. The fourth-order valence-corrected chi connectivity index (χ4v) is 7.86. The minimum atomic E-state index is -0.878. The van der Waals surface area contributed by atoms with Gasteiger partial charge in [-0.15, -0.1) is 15.0 Å². The number of tetrazole rings is 1. The van der Waals surface area contributed by atoms with Gasteiger partial charge in [0.05, 0.1) is 13.7 Å². The molecule has 272 valence electrons. The van der Waals surface area contributed by atoms with E-state index in [0.717, 1.165) is 64.0 Å². The maximum atomic E-state index is 13.5. The Balaban J connectivity index is 1.31. The van der Waals surface area contributed by atoms with Crippen LogP contribution in [0.1, 0.15) is 62.8 Å². The third-order valence-corrected chi connectivity index (χ3v) is 10.2. The molecule has 1 aliphatic rings. The monoisotopic (exact) mass is 715 g/mol. The van der Waals surface area contributed by atoms with Crippen LogP contribution in [0.15, 0.2) is 156 Å². The van der Waals surface area contributed by atoms with Crippen molar-refractivity contribution in [3.05, 3.63) is 173 Å². The SMILES string of the molecule is CCCC[N+]1(C)N=C(c2ccc(-c3ccccc3-c3nnn(C(c4ccccc4)(c4ccccc4)c4ccccc4)n3)cc2)C(C(=O)OCC)=C1C(C)C. The van der Waals surface area contributed by atoms with Gasteiger partial charge < -0.3 is 4.74 Å². The first-order valence-corrected chi connectivity index (χ1v) is 18.9. The van der Waals surface area contributed by atoms with Crippen molar-refractivity contribution in [2.75, 3.05) is 20.2 Å². The summed E-state index contributed by atoms with van der Waals surface area (Å²) in [5, 5.41) is 19.9. The van der Waals surface area contributed by atoms with E-state index in [1.54, 1.807) is 4.80 Å². The van der Waals surface area contributed by atoms with Crippen molar-refractivity contribution < 1.29 is 14.1 Å². The summed E-state index contributed by atoms with van der Waals surface area (Å²) in [5.74, 6) is 0.309. The van der Waals surface area contributed by atoms with Crippen molar-refractivity contribution in [3.63, 3.8) is 0 Å². The molecule has 7 rings (SSSR count). The van der Waals surface area contributed by atoms with Gasteiger partial charge in [-0.3, -0.25) is 0 Å². The molecule has 6 aromatic rings. The second-order valence-electron chi connectivity index (χ2n) is 14.1. The molecule has 8 nitrogen and oxygen atoms in total. The van der Waals surface area contributed by atoms with Gasteiger partial charge in [-0.05, 0) is 46.4 Å². The highest BCUT2D eigenvalue weighted by Gasteiger charge is 2.45. The quantitative estimate of drug-likeness (QED) is 0.0677. The van der Waals surface area contributed by atoms with Crippen LogP contribution in [0.25, 0.3) is 22.5 Å². The number of hydrogen-bond acceptors (Lipinski definition) is 6. The van der Waals surface area contributed by atoms with Gasteiger partial charge in [-0.25, -0.2) is 4.79 Å². The average molecular weight is 716 g/mol. The van der Waals surface area contributed by atoms with Gasteiger partial charge in [0.25, 0.3) is 0 Å². The zero-order valence-corrected chi connectivity index (χ0v) is 31.7. The first-order valence-electron chi connectivity index (χ1n) is 18.9. The first-order chi connectivity index (χ1) is 26.3. The molecule has 1 aromatic heterocycles. The number of unbranched alkanes of at least 4 members (excludes halogenated alkanes) is 1. The summed E-state index contributed by atoms with van der Waals surface area (Å²) in [6.07, 6.45) is 2.04. The molecule has 0 fully saturated rings. The van der Waals surface area contributed by atoms with Gasteiger partial charge in [-0.2, -0.15) is 4.59 Å². The van der Waals surface area contributed by atoms with Crippen molar-refractivity contribution in [2.45, 2.75) is 46.1 Å². The molecule has 8 heteroatoms. The van der Waals surface area contributed by atoms with Gasteiger partial charge in [0, 0.05) is 17.0 Å². The Kier molecular flexibility index (Phi) is 10.5. The van der Waals surface area contributed by atoms with Crippen molar-refractivity contribution >= 4 is 11.7 Å². The van der Waals surface area contributed by atoms with Crippen LogP contribution in [0.5, 0.6) is 0 Å². The Morgan fingerprint density at radius 1 is 0.722 bits per heavy atom. The van der Waals surface area contributed by atoms with Crippen LogP contribution in [0.2, 0.25) is 0 Å². The Bertz CT molecular complexity index is 2180.